The number of hydrogen-bond acceptors (Lipinski definition) is 6. The molecule has 13 heteroatoms. The molecule has 0 saturated carbocycles. The number of amides is 1. The fourth-order valence-corrected chi connectivity index (χ4v) is 3.30. The van der Waals surface area contributed by atoms with Gasteiger partial charge in [0.15, 0.2) is 11.5 Å². The number of halogens is 4. The molecule has 172 valence electrons. The summed E-state index contributed by atoms with van der Waals surface area (Å²) >= 11 is 0. The minimum atomic E-state index is -4.95. The number of aromatic nitrogens is 6. The van der Waals surface area contributed by atoms with Gasteiger partial charge in [-0.1, -0.05) is 0 Å². The molecule has 1 N–H and O–H groups in total. The molecule has 3 heterocycles. The van der Waals surface area contributed by atoms with Gasteiger partial charge in [-0.15, -0.1) is 4.80 Å². The smallest absolute Gasteiger partial charge is 0.320 e. The number of carbonyl (C=O) groups excluding carboxylic acids is 1. The first-order valence-corrected chi connectivity index (χ1v) is 9.61. The molecule has 3 aromatic heterocycles. The van der Waals surface area contributed by atoms with E-state index in [0.29, 0.717) is 4.68 Å². The maximum atomic E-state index is 14.0. The summed E-state index contributed by atoms with van der Waals surface area (Å²) < 4.78 is 55.9. The highest BCUT2D eigenvalue weighted by Crippen LogP contribution is 2.35. The van der Waals surface area contributed by atoms with E-state index >= 15 is 0 Å². The van der Waals surface area contributed by atoms with Crippen molar-refractivity contribution >= 4 is 11.6 Å². The van der Waals surface area contributed by atoms with Crippen molar-refractivity contribution in [2.75, 3.05) is 5.32 Å². The Kier molecular flexibility index (Phi) is 5.58. The monoisotopic (exact) mass is 470 g/mol. The van der Waals surface area contributed by atoms with Crippen LogP contribution >= 0.6 is 0 Å². The van der Waals surface area contributed by atoms with Gasteiger partial charge < -0.3 is 5.32 Å². The van der Waals surface area contributed by atoms with E-state index in [2.05, 4.69) is 25.6 Å². The van der Waals surface area contributed by atoms with E-state index < -0.39 is 29.2 Å². The molecule has 0 saturated heterocycles. The highest BCUT2D eigenvalue weighted by molar-refractivity contribution is 6.05. The molecular weight excluding hydrogens is 456 g/mol. The molecule has 9 nitrogen and oxygen atoms in total. The summed E-state index contributed by atoms with van der Waals surface area (Å²) in [4.78, 5) is 18.2. The van der Waals surface area contributed by atoms with Gasteiger partial charge in [0, 0.05) is 0 Å². The van der Waals surface area contributed by atoms with Gasteiger partial charge >= 0.3 is 6.18 Å². The number of hydrogen-bond donors (Lipinski definition) is 1. The van der Waals surface area contributed by atoms with Crippen LogP contribution in [0.1, 0.15) is 32.9 Å². The van der Waals surface area contributed by atoms with Crippen LogP contribution in [0.15, 0.2) is 42.9 Å². The van der Waals surface area contributed by atoms with Crippen LogP contribution in [-0.4, -0.2) is 35.7 Å². The first-order valence-electron chi connectivity index (χ1n) is 9.61. The zero-order valence-corrected chi connectivity index (χ0v) is 17.6. The Balaban J connectivity index is 1.75. The number of nitrogens with one attached hydrogen (secondary N) is 1. The van der Waals surface area contributed by atoms with Crippen LogP contribution in [0.4, 0.5) is 23.2 Å². The largest absolute Gasteiger partial charge is 0.434 e. The molecule has 0 aliphatic carbocycles. The van der Waals surface area contributed by atoms with Crippen molar-refractivity contribution < 1.29 is 22.4 Å². The van der Waals surface area contributed by atoms with Crippen LogP contribution in [-0.2, 0) is 6.18 Å². The second-order valence-electron chi connectivity index (χ2n) is 7.12. The Morgan fingerprint density at radius 1 is 1.12 bits per heavy atom. The molecule has 4 rings (SSSR count). The minimum absolute atomic E-state index is 0.00854. The van der Waals surface area contributed by atoms with E-state index in [9.17, 15) is 27.6 Å². The molecular formula is C21H14F4N8O. The van der Waals surface area contributed by atoms with Gasteiger partial charge in [0.2, 0.25) is 0 Å². The zero-order chi connectivity index (χ0) is 24.6. The lowest BCUT2D eigenvalue weighted by atomic mass is 10.1. The van der Waals surface area contributed by atoms with Gasteiger partial charge in [0.05, 0.1) is 41.2 Å². The molecule has 0 fully saturated rings. The van der Waals surface area contributed by atoms with Crippen molar-refractivity contribution in [2.24, 2.45) is 0 Å². The van der Waals surface area contributed by atoms with Crippen LogP contribution < -0.4 is 5.32 Å². The minimum Gasteiger partial charge on any atom is -0.320 e. The van der Waals surface area contributed by atoms with Crippen LogP contribution in [0.25, 0.3) is 11.5 Å². The predicted molar refractivity (Wildman–Crippen MR) is 110 cm³/mol. The van der Waals surface area contributed by atoms with Gasteiger partial charge in [-0.25, -0.2) is 14.1 Å². The number of benzene rings is 1. The molecule has 34 heavy (non-hydrogen) atoms. The van der Waals surface area contributed by atoms with Crippen molar-refractivity contribution in [3.63, 3.8) is 0 Å². The lowest BCUT2D eigenvalue weighted by molar-refractivity contribution is -0.143. The van der Waals surface area contributed by atoms with Gasteiger partial charge in [0.25, 0.3) is 5.91 Å². The second-order valence-corrected chi connectivity index (χ2v) is 7.12. The van der Waals surface area contributed by atoms with Crippen LogP contribution in [0.3, 0.4) is 0 Å². The quantitative estimate of drug-likeness (QED) is 0.455. The van der Waals surface area contributed by atoms with Gasteiger partial charge in [-0.05, 0) is 43.7 Å². The number of anilines is 1. The third-order valence-electron chi connectivity index (χ3n) is 4.84. The standard InChI is InChI=1S/C21H14F4N8O/c1-11-7-14(22)3-4-17(11)32-18(21(23,24)25)15(10-29-32)20(34)31-16-8-13(9-26)19(30-12(16)2)33-27-5-6-28-33/h3-8,10H,1-2H3,(H,31,34). The summed E-state index contributed by atoms with van der Waals surface area (Å²) in [5.41, 5.74) is -1.69. The average molecular weight is 470 g/mol. The van der Waals surface area contributed by atoms with Crippen molar-refractivity contribution in [2.45, 2.75) is 20.0 Å². The van der Waals surface area contributed by atoms with Crippen molar-refractivity contribution in [1.82, 2.24) is 29.8 Å². The molecule has 4 aromatic rings. The maximum Gasteiger partial charge on any atom is 0.434 e. The molecule has 0 spiro atoms. The number of nitrogens with zero attached hydrogens (tertiary/aromatic N) is 7. The maximum absolute atomic E-state index is 14.0. The Labute approximate surface area is 189 Å². The molecule has 0 atom stereocenters. The summed E-state index contributed by atoms with van der Waals surface area (Å²) in [6, 6.07) is 6.36. The number of carbonyl (C=O) groups is 1. The van der Waals surface area contributed by atoms with Crippen LogP contribution in [0, 0.1) is 31.0 Å². The summed E-state index contributed by atoms with van der Waals surface area (Å²) in [6.45, 7) is 2.92. The van der Waals surface area contributed by atoms with E-state index in [1.165, 1.54) is 32.3 Å². The summed E-state index contributed by atoms with van der Waals surface area (Å²) in [7, 11) is 0. The average Bonchev–Trinajstić information content (AvgIpc) is 3.45. The molecule has 1 amide bonds. The van der Waals surface area contributed by atoms with E-state index in [1.807, 2.05) is 6.07 Å². The normalized spacial score (nSPS) is 11.3. The fourth-order valence-electron chi connectivity index (χ4n) is 3.30. The van der Waals surface area contributed by atoms with E-state index in [0.717, 1.165) is 29.2 Å². The number of nitriles is 1. The molecule has 0 radical (unpaired) electrons. The van der Waals surface area contributed by atoms with Gasteiger partial charge in [-0.3, -0.25) is 4.79 Å². The zero-order valence-electron chi connectivity index (χ0n) is 17.6. The second kappa shape index (κ2) is 8.39. The molecule has 0 bridgehead atoms. The van der Waals surface area contributed by atoms with Gasteiger partial charge in [-0.2, -0.15) is 33.7 Å². The number of alkyl halides is 3. The Hall–Kier alpha value is -4.60. The number of pyridine rings is 1. The van der Waals surface area contributed by atoms with Crippen LogP contribution in [0.2, 0.25) is 0 Å². The number of aryl methyl sites for hydroxylation is 2. The van der Waals surface area contributed by atoms with E-state index in [-0.39, 0.29) is 34.0 Å². The first kappa shape index (κ1) is 22.6. The molecule has 0 unspecified atom stereocenters. The SMILES string of the molecule is Cc1cc(F)ccc1-n1ncc(C(=O)Nc2cc(C#N)c(-n3nccn3)nc2C)c1C(F)(F)F. The lowest BCUT2D eigenvalue weighted by Gasteiger charge is -2.15. The van der Waals surface area contributed by atoms with Crippen LogP contribution in [0.5, 0.6) is 0 Å². The highest BCUT2D eigenvalue weighted by atomic mass is 19.4. The Bertz CT molecular complexity index is 1430. The summed E-state index contributed by atoms with van der Waals surface area (Å²) in [5.74, 6) is -1.64. The van der Waals surface area contributed by atoms with Crippen molar-refractivity contribution in [3.05, 3.63) is 76.8 Å². The molecule has 0 aliphatic heterocycles. The Morgan fingerprint density at radius 2 is 1.82 bits per heavy atom. The summed E-state index contributed by atoms with van der Waals surface area (Å²) in [6.07, 6.45) is -1.41. The highest BCUT2D eigenvalue weighted by Gasteiger charge is 2.41. The molecule has 1 aromatic carbocycles. The number of rotatable bonds is 4. The Morgan fingerprint density at radius 3 is 2.44 bits per heavy atom. The fraction of sp³-hybridized carbons (Fsp3) is 0.143. The third-order valence-corrected chi connectivity index (χ3v) is 4.84. The van der Waals surface area contributed by atoms with Crippen molar-refractivity contribution in [3.8, 4) is 17.6 Å². The van der Waals surface area contributed by atoms with Crippen molar-refractivity contribution in [1.29, 1.82) is 5.26 Å². The third kappa shape index (κ3) is 4.08. The molecule has 0 aliphatic rings. The van der Waals surface area contributed by atoms with E-state index in [4.69, 9.17) is 0 Å². The first-order chi connectivity index (χ1) is 16.1. The predicted octanol–water partition coefficient (Wildman–Crippen LogP) is 3.75. The topological polar surface area (TPSA) is 114 Å². The van der Waals surface area contributed by atoms with Gasteiger partial charge in [0.1, 0.15) is 17.4 Å². The van der Waals surface area contributed by atoms with E-state index in [1.54, 1.807) is 0 Å². The lowest BCUT2D eigenvalue weighted by Crippen LogP contribution is -2.21. The summed E-state index contributed by atoms with van der Waals surface area (Å²) in [5, 5.41) is 23.3.